The SMILES string of the molecule is O=C([Se])C(O)CCc1ccccc1. The molecule has 0 saturated carbocycles. The molecule has 0 aliphatic rings. The van der Waals surface area contributed by atoms with Crippen LogP contribution >= 0.6 is 0 Å². The average Bonchev–Trinajstić information content (AvgIpc) is 2.15. The molecule has 1 aromatic rings. The molecule has 0 aromatic heterocycles. The Bertz CT molecular complexity index is 272. The second-order valence-corrected chi connectivity index (χ2v) is 3.70. The summed E-state index contributed by atoms with van der Waals surface area (Å²) in [5.41, 5.74) is 1.14. The number of hydrogen-bond donors (Lipinski definition) is 1. The van der Waals surface area contributed by atoms with Crippen LogP contribution < -0.4 is 0 Å². The maximum atomic E-state index is 10.7. The van der Waals surface area contributed by atoms with Crippen LogP contribution in [0.1, 0.15) is 12.0 Å². The second kappa shape index (κ2) is 5.18. The van der Waals surface area contributed by atoms with Crippen LogP contribution in [0.2, 0.25) is 0 Å². The van der Waals surface area contributed by atoms with Crippen molar-refractivity contribution in [1.29, 1.82) is 0 Å². The molecule has 0 heterocycles. The van der Waals surface area contributed by atoms with Crippen molar-refractivity contribution in [3.05, 3.63) is 35.9 Å². The van der Waals surface area contributed by atoms with E-state index in [1.165, 1.54) is 0 Å². The number of carbonyl (C=O) groups is 1. The van der Waals surface area contributed by atoms with E-state index in [0.717, 1.165) is 12.0 Å². The van der Waals surface area contributed by atoms with Crippen molar-refractivity contribution in [2.45, 2.75) is 18.9 Å². The van der Waals surface area contributed by atoms with Gasteiger partial charge in [0.1, 0.15) is 0 Å². The van der Waals surface area contributed by atoms with Crippen molar-refractivity contribution in [1.82, 2.24) is 0 Å². The zero-order valence-electron chi connectivity index (χ0n) is 7.14. The Morgan fingerprint density at radius 2 is 2.00 bits per heavy atom. The predicted molar refractivity (Wildman–Crippen MR) is 51.5 cm³/mol. The van der Waals surface area contributed by atoms with Crippen LogP contribution in [0.25, 0.3) is 0 Å². The minimum atomic E-state index is -0.861. The van der Waals surface area contributed by atoms with E-state index in [9.17, 15) is 9.90 Å². The summed E-state index contributed by atoms with van der Waals surface area (Å²) in [5.74, 6) is 0. The van der Waals surface area contributed by atoms with Crippen LogP contribution in [0.4, 0.5) is 0 Å². The molecule has 0 bridgehead atoms. The summed E-state index contributed by atoms with van der Waals surface area (Å²) in [5, 5.41) is 9.21. The molecule has 1 atom stereocenters. The van der Waals surface area contributed by atoms with E-state index < -0.39 is 6.10 Å². The molecule has 1 radical (unpaired) electrons. The Morgan fingerprint density at radius 3 is 2.54 bits per heavy atom. The van der Waals surface area contributed by atoms with Crippen molar-refractivity contribution in [3.8, 4) is 0 Å². The van der Waals surface area contributed by atoms with Gasteiger partial charge in [-0.05, 0) is 0 Å². The van der Waals surface area contributed by atoms with Crippen LogP contribution in [-0.2, 0) is 11.2 Å². The number of rotatable bonds is 4. The molecule has 1 unspecified atom stereocenters. The van der Waals surface area contributed by atoms with E-state index in [2.05, 4.69) is 16.0 Å². The molecule has 2 nitrogen and oxygen atoms in total. The molecular formula is C10H11O2Se. The molecule has 1 aromatic carbocycles. The number of carbonyl (C=O) groups excluding carboxylic acids is 1. The van der Waals surface area contributed by atoms with Gasteiger partial charge in [0, 0.05) is 0 Å². The average molecular weight is 242 g/mol. The minimum absolute atomic E-state index is 0.282. The molecule has 0 spiro atoms. The van der Waals surface area contributed by atoms with Crippen molar-refractivity contribution >= 4 is 20.7 Å². The quantitative estimate of drug-likeness (QED) is 0.788. The standard InChI is InChI=1S/C10H11O2Se/c11-9(10(12)13)7-6-8-4-2-1-3-5-8/h1-5,9,11H,6-7H2. The summed E-state index contributed by atoms with van der Waals surface area (Å²) in [6.07, 6.45) is 0.353. The van der Waals surface area contributed by atoms with Gasteiger partial charge in [-0.25, -0.2) is 0 Å². The van der Waals surface area contributed by atoms with Crippen LogP contribution in [-0.4, -0.2) is 31.9 Å². The topological polar surface area (TPSA) is 37.3 Å². The van der Waals surface area contributed by atoms with Gasteiger partial charge in [-0.1, -0.05) is 0 Å². The van der Waals surface area contributed by atoms with Gasteiger partial charge in [-0.15, -0.1) is 0 Å². The Labute approximate surface area is 85.8 Å². The van der Waals surface area contributed by atoms with Gasteiger partial charge < -0.3 is 0 Å². The Morgan fingerprint density at radius 1 is 1.38 bits per heavy atom. The fraction of sp³-hybridized carbons (Fsp3) is 0.300. The van der Waals surface area contributed by atoms with Gasteiger partial charge in [0.15, 0.2) is 0 Å². The second-order valence-electron chi connectivity index (χ2n) is 2.86. The van der Waals surface area contributed by atoms with Crippen LogP contribution in [0.5, 0.6) is 0 Å². The molecule has 0 aliphatic carbocycles. The molecule has 3 heteroatoms. The molecule has 1 N–H and O–H groups in total. The van der Waals surface area contributed by atoms with Crippen LogP contribution in [0.3, 0.4) is 0 Å². The molecule has 0 amide bonds. The number of aliphatic hydroxyl groups excluding tert-OH is 1. The molecule has 1 rings (SSSR count). The first-order chi connectivity index (χ1) is 6.20. The molecule has 13 heavy (non-hydrogen) atoms. The van der Waals surface area contributed by atoms with Gasteiger partial charge in [-0.3, -0.25) is 0 Å². The third-order valence-electron chi connectivity index (χ3n) is 1.82. The zero-order valence-corrected chi connectivity index (χ0v) is 8.86. The van der Waals surface area contributed by atoms with Crippen molar-refractivity contribution in [2.75, 3.05) is 0 Å². The van der Waals surface area contributed by atoms with E-state index >= 15 is 0 Å². The van der Waals surface area contributed by atoms with Crippen molar-refractivity contribution in [3.63, 3.8) is 0 Å². The van der Waals surface area contributed by atoms with E-state index in [0.29, 0.717) is 6.42 Å². The molecule has 0 aliphatic heterocycles. The first kappa shape index (κ1) is 10.5. The maximum absolute atomic E-state index is 10.7. The van der Waals surface area contributed by atoms with Crippen molar-refractivity contribution < 1.29 is 9.90 Å². The molecule has 69 valence electrons. The monoisotopic (exact) mass is 243 g/mol. The summed E-state index contributed by atoms with van der Waals surface area (Å²) in [4.78, 5) is 10.7. The van der Waals surface area contributed by atoms with Gasteiger partial charge in [-0.2, -0.15) is 0 Å². The fourth-order valence-corrected chi connectivity index (χ4v) is 1.31. The first-order valence-corrected chi connectivity index (χ1v) is 4.98. The first-order valence-electron chi connectivity index (χ1n) is 4.13. The van der Waals surface area contributed by atoms with E-state index in [1.807, 2.05) is 30.3 Å². The van der Waals surface area contributed by atoms with E-state index in [-0.39, 0.29) is 4.68 Å². The molecule has 0 saturated heterocycles. The summed E-state index contributed by atoms with van der Waals surface area (Å²) in [6.45, 7) is 0. The van der Waals surface area contributed by atoms with E-state index in [1.54, 1.807) is 0 Å². The molecule has 0 fully saturated rings. The van der Waals surface area contributed by atoms with E-state index in [4.69, 9.17) is 0 Å². The van der Waals surface area contributed by atoms with Crippen LogP contribution in [0, 0.1) is 0 Å². The Balaban J connectivity index is 2.39. The number of benzene rings is 1. The third kappa shape index (κ3) is 3.72. The van der Waals surface area contributed by atoms with Crippen LogP contribution in [0.15, 0.2) is 30.3 Å². The predicted octanol–water partition coefficient (Wildman–Crippen LogP) is 0.675. The summed E-state index contributed by atoms with van der Waals surface area (Å²) in [6, 6.07) is 9.80. The third-order valence-corrected chi connectivity index (χ3v) is 2.39. The van der Waals surface area contributed by atoms with Gasteiger partial charge in [0.25, 0.3) is 0 Å². The molecular weight excluding hydrogens is 231 g/mol. The van der Waals surface area contributed by atoms with Gasteiger partial charge in [0.2, 0.25) is 0 Å². The van der Waals surface area contributed by atoms with Gasteiger partial charge >= 0.3 is 85.4 Å². The Kier molecular flexibility index (Phi) is 4.16. The number of hydrogen-bond acceptors (Lipinski definition) is 2. The number of aryl methyl sites for hydroxylation is 1. The summed E-state index contributed by atoms with van der Waals surface area (Å²) < 4.78 is -0.282. The van der Waals surface area contributed by atoms with Crippen molar-refractivity contribution in [2.24, 2.45) is 0 Å². The Hall–Kier alpha value is -0.631. The summed E-state index contributed by atoms with van der Waals surface area (Å²) in [7, 11) is 0. The normalized spacial score (nSPS) is 12.4. The zero-order chi connectivity index (χ0) is 9.68. The summed E-state index contributed by atoms with van der Waals surface area (Å²) >= 11 is 2.29. The van der Waals surface area contributed by atoms with Gasteiger partial charge in [0.05, 0.1) is 0 Å². The number of aliphatic hydroxyl groups is 1. The fourth-order valence-electron chi connectivity index (χ4n) is 1.07.